The van der Waals surface area contributed by atoms with Gasteiger partial charge in [-0.3, -0.25) is 0 Å². The van der Waals surface area contributed by atoms with Gasteiger partial charge < -0.3 is 19.4 Å². The minimum atomic E-state index is 0.576. The number of aromatic nitrogens is 4. The van der Waals surface area contributed by atoms with Gasteiger partial charge in [-0.15, -0.1) is 0 Å². The second kappa shape index (κ2) is 8.40. The molecule has 0 atom stereocenters. The summed E-state index contributed by atoms with van der Waals surface area (Å²) < 4.78 is 7.34. The molecule has 5 rings (SSSR count). The third-order valence-corrected chi connectivity index (χ3v) is 5.76. The number of aromatic amines is 1. The topological polar surface area (TPSA) is 67.2 Å². The van der Waals surface area contributed by atoms with E-state index >= 15 is 0 Å². The van der Waals surface area contributed by atoms with E-state index in [4.69, 9.17) is 21.3 Å². The van der Waals surface area contributed by atoms with Crippen LogP contribution < -0.4 is 10.1 Å². The highest BCUT2D eigenvalue weighted by Gasteiger charge is 2.12. The number of fused-ring (bicyclic) bond motifs is 1. The van der Waals surface area contributed by atoms with Crippen molar-refractivity contribution in [3.8, 4) is 28.1 Å². The van der Waals surface area contributed by atoms with E-state index < -0.39 is 0 Å². The number of pyridine rings is 1. The Kier molecular flexibility index (Phi) is 5.29. The highest BCUT2D eigenvalue weighted by molar-refractivity contribution is 6.32. The normalized spacial score (nSPS) is 11.1. The first-order valence-corrected chi connectivity index (χ1v) is 10.6. The van der Waals surface area contributed by atoms with Gasteiger partial charge in [-0.05, 0) is 60.0 Å². The standard InChI is InChI=1S/C25H22ClN5O/c1-16-11-23(32-2)21(26)13-20(16)22-15-31-10-7-18(12-25(31)30-22)17-3-5-19(6-4-17)29-14-24-27-8-9-28-24/h3-13,15,29H,14H2,1-2H3,(H,27,28). The van der Waals surface area contributed by atoms with Crippen LogP contribution in [-0.4, -0.2) is 26.5 Å². The molecular weight excluding hydrogens is 422 g/mol. The number of aryl methyl sites for hydroxylation is 1. The lowest BCUT2D eigenvalue weighted by Gasteiger charge is -2.08. The predicted octanol–water partition coefficient (Wildman–Crippen LogP) is 5.97. The summed E-state index contributed by atoms with van der Waals surface area (Å²) in [7, 11) is 1.62. The van der Waals surface area contributed by atoms with E-state index in [2.05, 4.69) is 51.7 Å². The van der Waals surface area contributed by atoms with E-state index in [-0.39, 0.29) is 0 Å². The molecule has 3 heterocycles. The van der Waals surface area contributed by atoms with Crippen LogP contribution in [0.1, 0.15) is 11.4 Å². The minimum absolute atomic E-state index is 0.576. The van der Waals surface area contributed by atoms with Gasteiger partial charge >= 0.3 is 0 Å². The van der Waals surface area contributed by atoms with Crippen LogP contribution >= 0.6 is 11.6 Å². The molecule has 0 saturated heterocycles. The summed E-state index contributed by atoms with van der Waals surface area (Å²) in [5, 5.41) is 3.94. The fourth-order valence-corrected chi connectivity index (χ4v) is 3.98. The Bertz CT molecular complexity index is 1370. The van der Waals surface area contributed by atoms with Gasteiger partial charge in [-0.1, -0.05) is 23.7 Å². The molecule has 0 amide bonds. The molecule has 3 aromatic heterocycles. The summed E-state index contributed by atoms with van der Waals surface area (Å²) in [6.45, 7) is 2.69. The molecule has 0 fully saturated rings. The maximum atomic E-state index is 6.35. The molecule has 0 radical (unpaired) electrons. The van der Waals surface area contributed by atoms with Crippen molar-refractivity contribution in [1.82, 2.24) is 19.4 Å². The number of nitrogens with zero attached hydrogens (tertiary/aromatic N) is 3. The zero-order chi connectivity index (χ0) is 22.1. The fraction of sp³-hybridized carbons (Fsp3) is 0.120. The molecule has 0 aliphatic rings. The lowest BCUT2D eigenvalue weighted by Crippen LogP contribution is -2.00. The first kappa shape index (κ1) is 20.2. The summed E-state index contributed by atoms with van der Waals surface area (Å²) in [6, 6.07) is 16.4. The number of nitrogens with one attached hydrogen (secondary N) is 2. The maximum absolute atomic E-state index is 6.35. The number of halogens is 1. The molecule has 0 unspecified atom stereocenters. The Balaban J connectivity index is 1.40. The van der Waals surface area contributed by atoms with Crippen LogP contribution in [0.2, 0.25) is 5.02 Å². The Morgan fingerprint density at radius 2 is 1.94 bits per heavy atom. The zero-order valence-corrected chi connectivity index (χ0v) is 18.5. The minimum Gasteiger partial charge on any atom is -0.495 e. The average Bonchev–Trinajstić information content (AvgIpc) is 3.48. The van der Waals surface area contributed by atoms with E-state index in [0.717, 1.165) is 45.1 Å². The summed E-state index contributed by atoms with van der Waals surface area (Å²) in [5.41, 5.74) is 7.09. The third kappa shape index (κ3) is 3.92. The number of imidazole rings is 2. The molecule has 0 bridgehead atoms. The Hall–Kier alpha value is -3.77. The van der Waals surface area contributed by atoms with Crippen molar-refractivity contribution in [2.24, 2.45) is 0 Å². The average molecular weight is 444 g/mol. The van der Waals surface area contributed by atoms with Gasteiger partial charge in [-0.2, -0.15) is 0 Å². The predicted molar refractivity (Wildman–Crippen MR) is 128 cm³/mol. The first-order valence-electron chi connectivity index (χ1n) is 10.3. The SMILES string of the molecule is COc1cc(C)c(-c2cn3ccc(-c4ccc(NCc5ncc[nH]5)cc4)cc3n2)cc1Cl. The Morgan fingerprint density at radius 1 is 1.09 bits per heavy atom. The quantitative estimate of drug-likeness (QED) is 0.339. The van der Waals surface area contributed by atoms with Crippen molar-refractivity contribution in [3.05, 3.63) is 89.7 Å². The summed E-state index contributed by atoms with van der Waals surface area (Å²) in [4.78, 5) is 12.2. The maximum Gasteiger partial charge on any atom is 0.138 e. The highest BCUT2D eigenvalue weighted by atomic mass is 35.5. The molecule has 0 aliphatic heterocycles. The number of benzene rings is 2. The molecule has 7 heteroatoms. The molecule has 0 saturated carbocycles. The molecule has 6 nitrogen and oxygen atoms in total. The zero-order valence-electron chi connectivity index (χ0n) is 17.8. The fourth-order valence-electron chi connectivity index (χ4n) is 3.74. The highest BCUT2D eigenvalue weighted by Crippen LogP contribution is 2.33. The molecular formula is C25H22ClN5O. The Labute approximate surface area is 190 Å². The van der Waals surface area contributed by atoms with E-state index in [1.807, 2.05) is 42.0 Å². The smallest absolute Gasteiger partial charge is 0.138 e. The van der Waals surface area contributed by atoms with E-state index in [9.17, 15) is 0 Å². The number of hydrogen-bond acceptors (Lipinski definition) is 4. The monoisotopic (exact) mass is 443 g/mol. The van der Waals surface area contributed by atoms with Gasteiger partial charge in [0.05, 0.1) is 24.4 Å². The number of ether oxygens (including phenoxy) is 1. The largest absolute Gasteiger partial charge is 0.495 e. The van der Waals surface area contributed by atoms with Crippen LogP contribution in [0.3, 0.4) is 0 Å². The van der Waals surface area contributed by atoms with Gasteiger partial charge in [0.2, 0.25) is 0 Å². The second-order valence-corrected chi connectivity index (χ2v) is 7.98. The van der Waals surface area contributed by atoms with Crippen molar-refractivity contribution in [2.75, 3.05) is 12.4 Å². The van der Waals surface area contributed by atoms with Crippen molar-refractivity contribution in [2.45, 2.75) is 13.5 Å². The summed E-state index contributed by atoms with van der Waals surface area (Å²) in [6.07, 6.45) is 7.63. The lowest BCUT2D eigenvalue weighted by atomic mass is 10.1. The number of methoxy groups -OCH3 is 1. The van der Waals surface area contributed by atoms with Gasteiger partial charge in [-0.25, -0.2) is 9.97 Å². The van der Waals surface area contributed by atoms with Crippen LogP contribution in [0.15, 0.2) is 73.3 Å². The Morgan fingerprint density at radius 3 is 2.69 bits per heavy atom. The number of anilines is 1. The van der Waals surface area contributed by atoms with Crippen LogP contribution in [0.5, 0.6) is 5.75 Å². The van der Waals surface area contributed by atoms with Gasteiger partial charge in [0.25, 0.3) is 0 Å². The van der Waals surface area contributed by atoms with Gasteiger partial charge in [0.1, 0.15) is 17.2 Å². The van der Waals surface area contributed by atoms with Crippen molar-refractivity contribution in [3.63, 3.8) is 0 Å². The third-order valence-electron chi connectivity index (χ3n) is 5.47. The summed E-state index contributed by atoms with van der Waals surface area (Å²) in [5.74, 6) is 1.57. The second-order valence-electron chi connectivity index (χ2n) is 7.58. The van der Waals surface area contributed by atoms with Gasteiger partial charge in [0, 0.05) is 36.0 Å². The molecule has 2 aromatic carbocycles. The van der Waals surface area contributed by atoms with Crippen LogP contribution in [0, 0.1) is 6.92 Å². The van der Waals surface area contributed by atoms with Crippen molar-refractivity contribution < 1.29 is 4.74 Å². The number of hydrogen-bond donors (Lipinski definition) is 2. The molecule has 2 N–H and O–H groups in total. The van der Waals surface area contributed by atoms with Crippen molar-refractivity contribution in [1.29, 1.82) is 0 Å². The number of rotatable bonds is 6. The van der Waals surface area contributed by atoms with E-state index in [0.29, 0.717) is 17.3 Å². The first-order chi connectivity index (χ1) is 15.6. The molecule has 160 valence electrons. The van der Waals surface area contributed by atoms with Gasteiger partial charge in [0.15, 0.2) is 0 Å². The molecule has 0 aliphatic carbocycles. The molecule has 5 aromatic rings. The molecule has 32 heavy (non-hydrogen) atoms. The van der Waals surface area contributed by atoms with Crippen LogP contribution in [0.4, 0.5) is 5.69 Å². The molecule has 0 spiro atoms. The number of H-pyrrole nitrogens is 1. The van der Waals surface area contributed by atoms with Crippen molar-refractivity contribution >= 4 is 22.9 Å². The summed E-state index contributed by atoms with van der Waals surface area (Å²) >= 11 is 6.35. The van der Waals surface area contributed by atoms with Crippen LogP contribution in [0.25, 0.3) is 28.0 Å². The van der Waals surface area contributed by atoms with E-state index in [1.165, 1.54) is 0 Å². The lowest BCUT2D eigenvalue weighted by molar-refractivity contribution is 0.415. The van der Waals surface area contributed by atoms with Crippen LogP contribution in [-0.2, 0) is 6.54 Å². The van der Waals surface area contributed by atoms with E-state index in [1.54, 1.807) is 13.3 Å².